The van der Waals surface area contributed by atoms with Crippen LogP contribution < -0.4 is 22.9 Å². The van der Waals surface area contributed by atoms with Crippen LogP contribution in [0.4, 0.5) is 34.1 Å². The lowest BCUT2D eigenvalue weighted by Gasteiger charge is -2.26. The van der Waals surface area contributed by atoms with Gasteiger partial charge in [-0.3, -0.25) is 9.98 Å². The molecule has 4 rings (SSSR count). The zero-order valence-electron chi connectivity index (χ0n) is 22.4. The first-order valence-electron chi connectivity index (χ1n) is 12.7. The van der Waals surface area contributed by atoms with Gasteiger partial charge in [-0.25, -0.2) is 4.99 Å². The van der Waals surface area contributed by atoms with Gasteiger partial charge < -0.3 is 22.9 Å². The van der Waals surface area contributed by atoms with Crippen LogP contribution in [0, 0.1) is 0 Å². The molecule has 7 heteroatoms. The maximum atomic E-state index is 6.25. The van der Waals surface area contributed by atoms with Gasteiger partial charge in [-0.2, -0.15) is 0 Å². The van der Waals surface area contributed by atoms with Crippen LogP contribution in [0.2, 0.25) is 0 Å². The molecule has 4 aromatic carbocycles. The van der Waals surface area contributed by atoms with Crippen molar-refractivity contribution in [3.05, 3.63) is 95.6 Å². The highest BCUT2D eigenvalue weighted by Crippen LogP contribution is 2.34. The zero-order valence-corrected chi connectivity index (χ0v) is 22.4. The lowest BCUT2D eigenvalue weighted by atomic mass is 9.79. The van der Waals surface area contributed by atoms with Crippen LogP contribution in [0.5, 0.6) is 0 Å². The van der Waals surface area contributed by atoms with Crippen molar-refractivity contribution in [3.63, 3.8) is 0 Å². The van der Waals surface area contributed by atoms with Gasteiger partial charge in [0.25, 0.3) is 0 Å². The molecule has 7 nitrogen and oxygen atoms in total. The molecule has 0 heterocycles. The number of nitrogens with two attached hydrogens (primary N) is 4. The fourth-order valence-electron chi connectivity index (χ4n) is 4.44. The number of hydrogen-bond acceptors (Lipinski definition) is 6. The van der Waals surface area contributed by atoms with Crippen molar-refractivity contribution in [2.24, 2.45) is 20.7 Å². The van der Waals surface area contributed by atoms with E-state index >= 15 is 0 Å². The minimum atomic E-state index is -0.0616. The third kappa shape index (κ3) is 6.51. The summed E-state index contributed by atoms with van der Waals surface area (Å²) in [6.07, 6.45) is 4.95. The summed E-state index contributed by atoms with van der Waals surface area (Å²) < 4.78 is 0. The molecule has 0 spiro atoms. The van der Waals surface area contributed by atoms with Crippen LogP contribution in [0.1, 0.15) is 37.0 Å². The van der Waals surface area contributed by atoms with Gasteiger partial charge in [-0.15, -0.1) is 0 Å². The number of nitrogens with zero attached hydrogens (tertiary/aromatic N) is 3. The van der Waals surface area contributed by atoms with Crippen LogP contribution in [0.15, 0.2) is 93.8 Å². The fraction of sp³-hybridized carbons (Fsp3) is 0.156. The Labute approximate surface area is 230 Å². The molecule has 0 unspecified atom stereocenters. The van der Waals surface area contributed by atoms with E-state index in [-0.39, 0.29) is 5.41 Å². The maximum Gasteiger partial charge on any atom is 0.0879 e. The number of nitrogen functional groups attached to an aromatic ring is 3. The first kappa shape index (κ1) is 27.1. The average Bonchev–Trinajstić information content (AvgIpc) is 2.93. The predicted molar refractivity (Wildman–Crippen MR) is 168 cm³/mol. The summed E-state index contributed by atoms with van der Waals surface area (Å²) in [5.74, 6) is 0. The summed E-state index contributed by atoms with van der Waals surface area (Å²) in [5.41, 5.74) is 32.9. The van der Waals surface area contributed by atoms with E-state index in [1.54, 1.807) is 0 Å². The number of anilines is 3. The number of benzene rings is 4. The van der Waals surface area contributed by atoms with Gasteiger partial charge in [-0.1, -0.05) is 50.2 Å². The Kier molecular flexibility index (Phi) is 8.10. The molecule has 39 heavy (non-hydrogen) atoms. The Morgan fingerprint density at radius 3 is 2.15 bits per heavy atom. The normalized spacial score (nSPS) is 11.8. The summed E-state index contributed by atoms with van der Waals surface area (Å²) in [4.78, 5) is 12.8. The third-order valence-corrected chi connectivity index (χ3v) is 6.93. The van der Waals surface area contributed by atoms with E-state index in [9.17, 15) is 0 Å². The van der Waals surface area contributed by atoms with Crippen molar-refractivity contribution < 1.29 is 0 Å². The van der Waals surface area contributed by atoms with E-state index in [4.69, 9.17) is 27.9 Å². The summed E-state index contributed by atoms with van der Waals surface area (Å²) >= 11 is 0. The molecular weight excluding hydrogens is 482 g/mol. The summed E-state index contributed by atoms with van der Waals surface area (Å²) in [6, 6.07) is 25.8. The Bertz CT molecular complexity index is 1550. The second kappa shape index (κ2) is 11.6. The number of aryl methyl sites for hydroxylation is 1. The molecule has 0 fully saturated rings. The van der Waals surface area contributed by atoms with E-state index < -0.39 is 0 Å². The minimum absolute atomic E-state index is 0.0616. The summed E-state index contributed by atoms with van der Waals surface area (Å²) in [7, 11) is 0. The highest BCUT2D eigenvalue weighted by molar-refractivity contribution is 5.86. The Hall–Kier alpha value is -4.91. The molecule has 198 valence electrons. The molecule has 0 aromatic heterocycles. The Balaban J connectivity index is 1.52. The molecule has 0 saturated carbocycles. The minimum Gasteiger partial charge on any atom is -0.397 e. The fourth-order valence-corrected chi connectivity index (χ4v) is 4.44. The molecule has 0 aliphatic carbocycles. The Morgan fingerprint density at radius 1 is 0.744 bits per heavy atom. The summed E-state index contributed by atoms with van der Waals surface area (Å²) in [6.45, 7) is 8.05. The lowest BCUT2D eigenvalue weighted by Crippen LogP contribution is -2.18. The van der Waals surface area contributed by atoms with Gasteiger partial charge in [0.1, 0.15) is 0 Å². The SMILES string of the molecule is C=Nc1ccc(-c2ccc(N)c(N=Cc3cccc(C(C)(C)CCc4ccc(N)c(N=CN)c4)c3)c2)cc1N. The number of rotatable bonds is 9. The molecule has 8 N–H and O–H groups in total. The van der Waals surface area contributed by atoms with E-state index in [0.29, 0.717) is 34.1 Å². The molecule has 4 aromatic rings. The molecular formula is C32H35N7. The highest BCUT2D eigenvalue weighted by Gasteiger charge is 2.21. The monoisotopic (exact) mass is 517 g/mol. The smallest absolute Gasteiger partial charge is 0.0879 e. The van der Waals surface area contributed by atoms with Crippen molar-refractivity contribution in [2.45, 2.75) is 32.1 Å². The molecule has 0 aliphatic rings. The van der Waals surface area contributed by atoms with Gasteiger partial charge in [0.15, 0.2) is 0 Å². The highest BCUT2D eigenvalue weighted by atomic mass is 14.8. The lowest BCUT2D eigenvalue weighted by molar-refractivity contribution is 0.480. The zero-order chi connectivity index (χ0) is 28.0. The first-order valence-corrected chi connectivity index (χ1v) is 12.7. The average molecular weight is 518 g/mol. The quantitative estimate of drug-likeness (QED) is 0.111. The maximum absolute atomic E-state index is 6.25. The number of aliphatic imine (C=N–C) groups is 3. The van der Waals surface area contributed by atoms with E-state index in [1.165, 1.54) is 17.5 Å². The van der Waals surface area contributed by atoms with Gasteiger partial charge in [0.05, 0.1) is 40.5 Å². The molecule has 0 amide bonds. The topological polar surface area (TPSA) is 141 Å². The van der Waals surface area contributed by atoms with Gasteiger partial charge in [0.2, 0.25) is 0 Å². The van der Waals surface area contributed by atoms with Crippen LogP contribution in [-0.2, 0) is 11.8 Å². The first-order chi connectivity index (χ1) is 18.7. The van der Waals surface area contributed by atoms with Crippen molar-refractivity contribution in [1.29, 1.82) is 0 Å². The van der Waals surface area contributed by atoms with Crippen LogP contribution in [0.3, 0.4) is 0 Å². The second-order valence-electron chi connectivity index (χ2n) is 10.1. The summed E-state index contributed by atoms with van der Waals surface area (Å²) in [5, 5.41) is 0. The second-order valence-corrected chi connectivity index (χ2v) is 10.1. The molecule has 0 bridgehead atoms. The van der Waals surface area contributed by atoms with E-state index in [2.05, 4.69) is 48.7 Å². The van der Waals surface area contributed by atoms with Gasteiger partial charge in [0, 0.05) is 6.21 Å². The predicted octanol–water partition coefficient (Wildman–Crippen LogP) is 6.71. The third-order valence-electron chi connectivity index (χ3n) is 6.93. The van der Waals surface area contributed by atoms with Crippen LogP contribution in [0.25, 0.3) is 11.1 Å². The van der Waals surface area contributed by atoms with Crippen LogP contribution in [-0.4, -0.2) is 19.3 Å². The molecule has 0 aliphatic heterocycles. The van der Waals surface area contributed by atoms with E-state index in [1.807, 2.05) is 66.9 Å². The Morgan fingerprint density at radius 2 is 1.44 bits per heavy atom. The van der Waals surface area contributed by atoms with Gasteiger partial charge in [-0.05, 0) is 95.3 Å². The van der Waals surface area contributed by atoms with Crippen LogP contribution >= 0.6 is 0 Å². The van der Waals surface area contributed by atoms with Crippen molar-refractivity contribution in [1.82, 2.24) is 0 Å². The van der Waals surface area contributed by atoms with E-state index in [0.717, 1.165) is 29.5 Å². The largest absolute Gasteiger partial charge is 0.397 e. The molecule has 0 saturated heterocycles. The molecule has 0 atom stereocenters. The van der Waals surface area contributed by atoms with Crippen molar-refractivity contribution in [3.8, 4) is 11.1 Å². The van der Waals surface area contributed by atoms with Crippen molar-refractivity contribution >= 4 is 53.4 Å². The van der Waals surface area contributed by atoms with Gasteiger partial charge >= 0.3 is 0 Å². The number of hydrogen-bond donors (Lipinski definition) is 4. The van der Waals surface area contributed by atoms with Crippen molar-refractivity contribution in [2.75, 3.05) is 17.2 Å². The standard InChI is InChI=1S/C32H35N7/c1-32(2,14-13-21-7-10-26(34)30(16-21)39-20-33)25-6-4-5-22(15-25)19-38-31-18-24(8-11-27(31)35)23-9-12-29(37-3)28(36)17-23/h4-12,15-20H,3,13-14,34-36H2,1-2H3,(H2,33,39). The molecule has 0 radical (unpaired) electrons.